The number of methoxy groups -OCH3 is 1. The molecule has 0 aromatic heterocycles. The van der Waals surface area contributed by atoms with E-state index in [1.54, 1.807) is 31.4 Å². The van der Waals surface area contributed by atoms with Gasteiger partial charge in [0.1, 0.15) is 23.9 Å². The Kier molecular flexibility index (Phi) is 5.04. The molecule has 0 aliphatic heterocycles. The Labute approximate surface area is 128 Å². The highest BCUT2D eigenvalue weighted by atomic mass is 35.5. The summed E-state index contributed by atoms with van der Waals surface area (Å²) in [4.78, 5) is 0. The summed E-state index contributed by atoms with van der Waals surface area (Å²) in [6.07, 6.45) is 0. The van der Waals surface area contributed by atoms with Gasteiger partial charge in [0.15, 0.2) is 0 Å². The van der Waals surface area contributed by atoms with E-state index in [1.165, 1.54) is 12.1 Å². The summed E-state index contributed by atoms with van der Waals surface area (Å²) in [5.74, 6) is 0.720. The van der Waals surface area contributed by atoms with E-state index in [2.05, 4.69) is 0 Å². The molecule has 2 aromatic carbocycles. The van der Waals surface area contributed by atoms with Gasteiger partial charge in [-0.2, -0.15) is 0 Å². The van der Waals surface area contributed by atoms with Gasteiger partial charge in [0.05, 0.1) is 7.11 Å². The highest BCUT2D eigenvalue weighted by Gasteiger charge is 2.11. The first-order valence-electron chi connectivity index (χ1n) is 6.51. The van der Waals surface area contributed by atoms with Gasteiger partial charge in [-0.25, -0.2) is 4.39 Å². The first-order chi connectivity index (χ1) is 10.0. The third kappa shape index (κ3) is 3.86. The zero-order valence-corrected chi connectivity index (χ0v) is 12.7. The van der Waals surface area contributed by atoms with Crippen molar-refractivity contribution in [2.24, 2.45) is 5.73 Å². The second kappa shape index (κ2) is 6.78. The molecule has 0 heterocycles. The topological polar surface area (TPSA) is 44.5 Å². The molecule has 0 spiro atoms. The van der Waals surface area contributed by atoms with Crippen molar-refractivity contribution in [3.8, 4) is 11.5 Å². The van der Waals surface area contributed by atoms with Gasteiger partial charge in [-0.05, 0) is 31.2 Å². The SMILES string of the molecule is COc1ccc(Cl)cc1COc1cc(F)ccc1[C@H](C)N. The van der Waals surface area contributed by atoms with Crippen LogP contribution in [-0.4, -0.2) is 7.11 Å². The van der Waals surface area contributed by atoms with Crippen LogP contribution in [0.3, 0.4) is 0 Å². The van der Waals surface area contributed by atoms with Crippen LogP contribution in [0.5, 0.6) is 11.5 Å². The molecule has 2 aromatic rings. The fourth-order valence-corrected chi connectivity index (χ4v) is 2.22. The molecule has 0 unspecified atom stereocenters. The van der Waals surface area contributed by atoms with Crippen molar-refractivity contribution in [3.05, 3.63) is 58.4 Å². The number of benzene rings is 2. The molecular weight excluding hydrogens is 293 g/mol. The molecule has 0 bridgehead atoms. The summed E-state index contributed by atoms with van der Waals surface area (Å²) >= 11 is 5.97. The van der Waals surface area contributed by atoms with Gasteiger partial charge in [0.2, 0.25) is 0 Å². The first-order valence-corrected chi connectivity index (χ1v) is 6.89. The minimum Gasteiger partial charge on any atom is -0.496 e. The second-order valence-corrected chi connectivity index (χ2v) is 5.15. The molecule has 0 aliphatic carbocycles. The summed E-state index contributed by atoms with van der Waals surface area (Å²) in [6, 6.07) is 9.33. The Morgan fingerprint density at radius 1 is 1.19 bits per heavy atom. The van der Waals surface area contributed by atoms with Gasteiger partial charge < -0.3 is 15.2 Å². The van der Waals surface area contributed by atoms with Crippen molar-refractivity contribution in [1.29, 1.82) is 0 Å². The lowest BCUT2D eigenvalue weighted by Crippen LogP contribution is -2.08. The van der Waals surface area contributed by atoms with Crippen LogP contribution >= 0.6 is 11.6 Å². The summed E-state index contributed by atoms with van der Waals surface area (Å²) in [7, 11) is 1.57. The number of ether oxygens (including phenoxy) is 2. The molecule has 0 saturated heterocycles. The molecule has 2 N–H and O–H groups in total. The van der Waals surface area contributed by atoms with E-state index in [4.69, 9.17) is 26.8 Å². The average Bonchev–Trinajstić information content (AvgIpc) is 2.45. The van der Waals surface area contributed by atoms with E-state index in [-0.39, 0.29) is 18.5 Å². The normalized spacial score (nSPS) is 12.0. The van der Waals surface area contributed by atoms with E-state index in [9.17, 15) is 4.39 Å². The molecule has 0 radical (unpaired) electrons. The Morgan fingerprint density at radius 2 is 1.95 bits per heavy atom. The summed E-state index contributed by atoms with van der Waals surface area (Å²) in [6.45, 7) is 2.03. The highest BCUT2D eigenvalue weighted by Crippen LogP contribution is 2.28. The smallest absolute Gasteiger partial charge is 0.127 e. The zero-order chi connectivity index (χ0) is 15.4. The van der Waals surface area contributed by atoms with Crippen LogP contribution in [0.1, 0.15) is 24.1 Å². The highest BCUT2D eigenvalue weighted by molar-refractivity contribution is 6.30. The number of hydrogen-bond acceptors (Lipinski definition) is 3. The van der Waals surface area contributed by atoms with Crippen LogP contribution in [0.15, 0.2) is 36.4 Å². The standard InChI is InChI=1S/C16H17ClFNO2/c1-10(19)14-5-4-13(18)8-16(14)21-9-11-7-12(17)3-6-15(11)20-2/h3-8,10H,9,19H2,1-2H3/t10-/m0/s1. The van der Waals surface area contributed by atoms with E-state index >= 15 is 0 Å². The predicted octanol–water partition coefficient (Wildman–Crippen LogP) is 4.09. The maximum atomic E-state index is 13.4. The van der Waals surface area contributed by atoms with Gasteiger partial charge in [0, 0.05) is 28.3 Å². The van der Waals surface area contributed by atoms with Crippen LogP contribution in [0.25, 0.3) is 0 Å². The molecule has 0 aliphatic rings. The average molecular weight is 310 g/mol. The Morgan fingerprint density at radius 3 is 2.62 bits per heavy atom. The van der Waals surface area contributed by atoms with Crippen molar-refractivity contribution in [2.75, 3.05) is 7.11 Å². The Balaban J connectivity index is 2.24. The summed E-state index contributed by atoms with van der Waals surface area (Å²) in [5.41, 5.74) is 7.40. The summed E-state index contributed by atoms with van der Waals surface area (Å²) in [5, 5.41) is 0.584. The quantitative estimate of drug-likeness (QED) is 0.905. The fourth-order valence-electron chi connectivity index (χ4n) is 2.02. The molecule has 112 valence electrons. The van der Waals surface area contributed by atoms with E-state index in [1.807, 2.05) is 6.92 Å². The molecule has 0 saturated carbocycles. The molecular formula is C16H17ClFNO2. The van der Waals surface area contributed by atoms with Crippen molar-refractivity contribution in [3.63, 3.8) is 0 Å². The number of nitrogens with two attached hydrogens (primary N) is 1. The van der Waals surface area contributed by atoms with Gasteiger partial charge in [0.25, 0.3) is 0 Å². The number of halogens is 2. The van der Waals surface area contributed by atoms with E-state index < -0.39 is 0 Å². The van der Waals surface area contributed by atoms with Crippen molar-refractivity contribution >= 4 is 11.6 Å². The Bertz CT molecular complexity index is 632. The fraction of sp³-hybridized carbons (Fsp3) is 0.250. The number of hydrogen-bond donors (Lipinski definition) is 1. The van der Waals surface area contributed by atoms with Crippen LogP contribution in [-0.2, 0) is 6.61 Å². The molecule has 1 atom stereocenters. The molecule has 2 rings (SSSR count). The largest absolute Gasteiger partial charge is 0.496 e. The third-order valence-electron chi connectivity index (χ3n) is 3.09. The maximum absolute atomic E-state index is 13.4. The van der Waals surface area contributed by atoms with Crippen LogP contribution in [0.2, 0.25) is 5.02 Å². The lowest BCUT2D eigenvalue weighted by atomic mass is 10.1. The predicted molar refractivity (Wildman–Crippen MR) is 81.3 cm³/mol. The van der Waals surface area contributed by atoms with E-state index in [0.717, 1.165) is 11.1 Å². The molecule has 5 heteroatoms. The van der Waals surface area contributed by atoms with Gasteiger partial charge in [-0.3, -0.25) is 0 Å². The van der Waals surface area contributed by atoms with Crippen LogP contribution in [0, 0.1) is 5.82 Å². The minimum absolute atomic E-state index is 0.215. The first kappa shape index (κ1) is 15.6. The molecule has 0 fully saturated rings. The van der Waals surface area contributed by atoms with Crippen molar-refractivity contribution < 1.29 is 13.9 Å². The molecule has 0 amide bonds. The van der Waals surface area contributed by atoms with Crippen LogP contribution < -0.4 is 15.2 Å². The van der Waals surface area contributed by atoms with Gasteiger partial charge in [-0.1, -0.05) is 17.7 Å². The lowest BCUT2D eigenvalue weighted by molar-refractivity contribution is 0.291. The molecule has 3 nitrogen and oxygen atoms in total. The monoisotopic (exact) mass is 309 g/mol. The zero-order valence-electron chi connectivity index (χ0n) is 11.9. The van der Waals surface area contributed by atoms with Crippen molar-refractivity contribution in [2.45, 2.75) is 19.6 Å². The maximum Gasteiger partial charge on any atom is 0.127 e. The lowest BCUT2D eigenvalue weighted by Gasteiger charge is -2.15. The van der Waals surface area contributed by atoms with E-state index in [0.29, 0.717) is 16.5 Å². The molecule has 21 heavy (non-hydrogen) atoms. The van der Waals surface area contributed by atoms with Gasteiger partial charge >= 0.3 is 0 Å². The van der Waals surface area contributed by atoms with Crippen molar-refractivity contribution in [1.82, 2.24) is 0 Å². The third-order valence-corrected chi connectivity index (χ3v) is 3.33. The van der Waals surface area contributed by atoms with Gasteiger partial charge in [-0.15, -0.1) is 0 Å². The Hall–Kier alpha value is -1.78. The van der Waals surface area contributed by atoms with Crippen LogP contribution in [0.4, 0.5) is 4.39 Å². The summed E-state index contributed by atoms with van der Waals surface area (Å²) < 4.78 is 24.3. The minimum atomic E-state index is -0.368. The number of rotatable bonds is 5. The second-order valence-electron chi connectivity index (χ2n) is 4.72.